The maximum absolute atomic E-state index is 13.1. The van der Waals surface area contributed by atoms with Crippen LogP contribution in [0.2, 0.25) is 0 Å². The van der Waals surface area contributed by atoms with E-state index in [1.807, 2.05) is 19.0 Å². The minimum Gasteiger partial charge on any atom is -0.507 e. The fourth-order valence-corrected chi connectivity index (χ4v) is 3.96. The van der Waals surface area contributed by atoms with Gasteiger partial charge >= 0.3 is 5.97 Å². The number of hydrogen-bond acceptors (Lipinski definition) is 7. The monoisotopic (exact) mass is 443 g/mol. The number of aliphatic hydroxyl groups is 1. The molecule has 1 fully saturated rings. The van der Waals surface area contributed by atoms with Crippen LogP contribution in [0.25, 0.3) is 5.76 Å². The highest BCUT2D eigenvalue weighted by Gasteiger charge is 2.47. The Bertz CT molecular complexity index is 1090. The van der Waals surface area contributed by atoms with E-state index in [1.54, 1.807) is 39.8 Å². The molecule has 2 aromatic heterocycles. The third-order valence-corrected chi connectivity index (χ3v) is 5.51. The van der Waals surface area contributed by atoms with Crippen molar-refractivity contribution in [3.8, 4) is 0 Å². The van der Waals surface area contributed by atoms with Crippen LogP contribution in [0.1, 0.15) is 51.8 Å². The molecule has 1 unspecified atom stereocenters. The maximum Gasteiger partial charge on any atom is 0.355 e. The Morgan fingerprint density at radius 3 is 2.50 bits per heavy atom. The van der Waals surface area contributed by atoms with E-state index in [-0.39, 0.29) is 30.2 Å². The number of likely N-dealkylation sites (N-methyl/N-ethyl adjacent to an activating group) is 1. The van der Waals surface area contributed by atoms with Crippen molar-refractivity contribution < 1.29 is 28.6 Å². The molecule has 3 rings (SSSR count). The number of aliphatic hydroxyl groups excluding tert-OH is 1. The third kappa shape index (κ3) is 4.08. The van der Waals surface area contributed by atoms with Crippen LogP contribution in [0.15, 0.2) is 22.1 Å². The molecule has 32 heavy (non-hydrogen) atoms. The molecular weight excluding hydrogens is 414 g/mol. The van der Waals surface area contributed by atoms with E-state index in [4.69, 9.17) is 9.15 Å². The zero-order valence-electron chi connectivity index (χ0n) is 19.2. The number of aryl methyl sites for hydroxylation is 2. The van der Waals surface area contributed by atoms with Gasteiger partial charge in [0.05, 0.1) is 12.2 Å². The summed E-state index contributed by atoms with van der Waals surface area (Å²) in [5.41, 5.74) is 1.35. The van der Waals surface area contributed by atoms with Gasteiger partial charge in [0.25, 0.3) is 11.7 Å². The van der Waals surface area contributed by atoms with Crippen molar-refractivity contribution in [2.75, 3.05) is 33.8 Å². The molecule has 0 saturated carbocycles. The fraction of sp³-hybridized carbons (Fsp3) is 0.435. The minimum absolute atomic E-state index is 0.0660. The number of nitrogens with one attached hydrogen (secondary N) is 1. The fourth-order valence-electron chi connectivity index (χ4n) is 3.96. The van der Waals surface area contributed by atoms with E-state index in [2.05, 4.69) is 4.98 Å². The van der Waals surface area contributed by atoms with Crippen molar-refractivity contribution in [2.24, 2.45) is 0 Å². The van der Waals surface area contributed by atoms with Crippen LogP contribution in [-0.2, 0) is 14.3 Å². The summed E-state index contributed by atoms with van der Waals surface area (Å²) in [4.78, 5) is 44.5. The van der Waals surface area contributed by atoms with Crippen molar-refractivity contribution in [3.05, 3.63) is 51.7 Å². The average Bonchev–Trinajstić information content (AvgIpc) is 3.35. The van der Waals surface area contributed by atoms with Crippen molar-refractivity contribution in [3.63, 3.8) is 0 Å². The summed E-state index contributed by atoms with van der Waals surface area (Å²) >= 11 is 0. The summed E-state index contributed by atoms with van der Waals surface area (Å²) in [6.07, 6.45) is 0. The molecule has 1 saturated heterocycles. The molecule has 0 aliphatic carbocycles. The van der Waals surface area contributed by atoms with Gasteiger partial charge in [0.2, 0.25) is 0 Å². The second kappa shape index (κ2) is 9.04. The molecule has 0 bridgehead atoms. The van der Waals surface area contributed by atoms with Crippen LogP contribution in [0.3, 0.4) is 0 Å². The number of amides is 1. The number of aromatic amines is 1. The van der Waals surface area contributed by atoms with Crippen molar-refractivity contribution >= 4 is 23.4 Å². The van der Waals surface area contributed by atoms with Gasteiger partial charge in [-0.05, 0) is 59.5 Å². The topological polar surface area (TPSA) is 116 Å². The van der Waals surface area contributed by atoms with Crippen LogP contribution in [0.4, 0.5) is 0 Å². The minimum atomic E-state index is -0.872. The van der Waals surface area contributed by atoms with Gasteiger partial charge in [0.15, 0.2) is 0 Å². The Balaban J connectivity index is 2.17. The summed E-state index contributed by atoms with van der Waals surface area (Å²) in [7, 11) is 3.73. The third-order valence-electron chi connectivity index (χ3n) is 5.51. The van der Waals surface area contributed by atoms with Crippen LogP contribution in [0.5, 0.6) is 0 Å². The molecule has 3 heterocycles. The molecule has 1 aliphatic rings. The molecule has 1 aliphatic heterocycles. The van der Waals surface area contributed by atoms with Crippen molar-refractivity contribution in [1.82, 2.24) is 14.8 Å². The highest BCUT2D eigenvalue weighted by Crippen LogP contribution is 2.41. The molecule has 0 spiro atoms. The predicted octanol–water partition coefficient (Wildman–Crippen LogP) is 2.69. The number of hydrogen-bond donors (Lipinski definition) is 2. The number of rotatable bonds is 7. The first-order valence-corrected chi connectivity index (χ1v) is 10.4. The lowest BCUT2D eigenvalue weighted by Crippen LogP contribution is -2.35. The van der Waals surface area contributed by atoms with E-state index in [0.717, 1.165) is 0 Å². The lowest BCUT2D eigenvalue weighted by Gasteiger charge is -2.24. The summed E-state index contributed by atoms with van der Waals surface area (Å²) in [6, 6.07) is 2.57. The molecular formula is C23H29N3O6. The molecule has 1 atom stereocenters. The Kier molecular flexibility index (Phi) is 6.59. The molecule has 9 nitrogen and oxygen atoms in total. The lowest BCUT2D eigenvalue weighted by molar-refractivity contribution is -0.140. The van der Waals surface area contributed by atoms with E-state index >= 15 is 0 Å². The zero-order chi connectivity index (χ0) is 23.7. The first-order valence-electron chi connectivity index (χ1n) is 10.4. The lowest BCUT2D eigenvalue weighted by atomic mass is 9.97. The van der Waals surface area contributed by atoms with Crippen LogP contribution < -0.4 is 0 Å². The van der Waals surface area contributed by atoms with E-state index in [1.165, 1.54) is 4.90 Å². The number of Topliss-reactive ketones (excluding diaryl/α,β-unsaturated/α-hetero) is 1. The second-order valence-electron chi connectivity index (χ2n) is 8.09. The van der Waals surface area contributed by atoms with Crippen molar-refractivity contribution in [2.45, 2.75) is 33.7 Å². The largest absolute Gasteiger partial charge is 0.507 e. The summed E-state index contributed by atoms with van der Waals surface area (Å²) in [6.45, 7) is 7.80. The number of ether oxygens (including phenoxy) is 1. The van der Waals surface area contributed by atoms with E-state index < -0.39 is 23.7 Å². The zero-order valence-corrected chi connectivity index (χ0v) is 19.2. The molecule has 0 aromatic carbocycles. The summed E-state index contributed by atoms with van der Waals surface area (Å²) < 4.78 is 10.8. The highest BCUT2D eigenvalue weighted by molar-refractivity contribution is 6.46. The highest BCUT2D eigenvalue weighted by atomic mass is 16.5. The SMILES string of the molecule is CCOC(=O)c1[nH]c(C)c(C(O)=C2C(=O)C(=O)N(CCN(C)C)C2c2ccc(C)o2)c1C. The number of furan rings is 1. The normalized spacial score (nSPS) is 18.1. The van der Waals surface area contributed by atoms with Crippen molar-refractivity contribution in [1.29, 1.82) is 0 Å². The first kappa shape index (κ1) is 23.3. The number of esters is 1. The standard InChI is InChI=1S/C23H29N3O6/c1-7-31-23(30)18-13(3)16(14(4)24-18)20(27)17-19(15-9-8-12(2)32-15)26(11-10-25(5)6)22(29)21(17)28/h8-9,19,24,27H,7,10-11H2,1-6H3. The quantitative estimate of drug-likeness (QED) is 0.292. The Labute approximate surface area is 186 Å². The van der Waals surface area contributed by atoms with Gasteiger partial charge in [-0.3, -0.25) is 9.59 Å². The molecule has 2 N–H and O–H groups in total. The number of aromatic nitrogens is 1. The van der Waals surface area contributed by atoms with Gasteiger partial charge in [0, 0.05) is 24.3 Å². The number of nitrogens with zero attached hydrogens (tertiary/aromatic N) is 2. The second-order valence-corrected chi connectivity index (χ2v) is 8.09. The Morgan fingerprint density at radius 1 is 1.25 bits per heavy atom. The number of likely N-dealkylation sites (tertiary alicyclic amines) is 1. The van der Waals surface area contributed by atoms with Gasteiger partial charge in [-0.1, -0.05) is 0 Å². The Hall–Kier alpha value is -3.33. The van der Waals surface area contributed by atoms with Crippen LogP contribution in [0, 0.1) is 20.8 Å². The number of carbonyl (C=O) groups is 3. The Morgan fingerprint density at radius 2 is 1.94 bits per heavy atom. The van der Waals surface area contributed by atoms with Crippen LogP contribution >= 0.6 is 0 Å². The van der Waals surface area contributed by atoms with E-state index in [9.17, 15) is 19.5 Å². The molecule has 0 radical (unpaired) electrons. The smallest absolute Gasteiger partial charge is 0.355 e. The van der Waals surface area contributed by atoms with Gasteiger partial charge in [-0.2, -0.15) is 0 Å². The van der Waals surface area contributed by atoms with Gasteiger partial charge in [0.1, 0.15) is 29.0 Å². The summed E-state index contributed by atoms with van der Waals surface area (Å²) in [5.74, 6) is -1.40. The molecule has 9 heteroatoms. The first-order chi connectivity index (χ1) is 15.1. The van der Waals surface area contributed by atoms with Gasteiger partial charge < -0.3 is 29.0 Å². The molecule has 2 aromatic rings. The van der Waals surface area contributed by atoms with Gasteiger partial charge in [-0.25, -0.2) is 4.79 Å². The predicted molar refractivity (Wildman–Crippen MR) is 117 cm³/mol. The number of ketones is 1. The average molecular weight is 444 g/mol. The number of carbonyl (C=O) groups excluding carboxylic acids is 3. The van der Waals surface area contributed by atoms with E-state index in [0.29, 0.717) is 34.9 Å². The summed E-state index contributed by atoms with van der Waals surface area (Å²) in [5, 5.41) is 11.3. The van der Waals surface area contributed by atoms with Crippen LogP contribution in [-0.4, -0.2) is 71.3 Å². The maximum atomic E-state index is 13.1. The van der Waals surface area contributed by atoms with Gasteiger partial charge in [-0.15, -0.1) is 0 Å². The molecule has 1 amide bonds. The molecule has 172 valence electrons. The number of H-pyrrole nitrogens is 1.